The minimum Gasteiger partial charge on any atom is -0.493 e. The van der Waals surface area contributed by atoms with Crippen molar-refractivity contribution in [3.05, 3.63) is 18.2 Å². The number of aromatic nitrogens is 2. The van der Waals surface area contributed by atoms with Gasteiger partial charge >= 0.3 is 0 Å². The molecule has 0 spiro atoms. The number of methoxy groups -OCH3 is 2. The Hall–Kier alpha value is -1.73. The Bertz CT molecular complexity index is 626. The highest BCUT2D eigenvalue weighted by Gasteiger charge is 2.18. The Balaban J connectivity index is 1.70. The molecule has 6 nitrogen and oxygen atoms in total. The molecule has 0 unspecified atom stereocenters. The van der Waals surface area contributed by atoms with Crippen molar-refractivity contribution >= 4 is 11.8 Å². The first-order valence-corrected chi connectivity index (χ1v) is 8.09. The first kappa shape index (κ1) is 15.2. The molecule has 2 aromatic rings. The highest BCUT2D eigenvalue weighted by atomic mass is 32.2. The van der Waals surface area contributed by atoms with E-state index >= 15 is 0 Å². The van der Waals surface area contributed by atoms with Gasteiger partial charge in [0.25, 0.3) is 5.22 Å². The van der Waals surface area contributed by atoms with E-state index in [9.17, 15) is 0 Å². The van der Waals surface area contributed by atoms with Crippen molar-refractivity contribution in [3.63, 3.8) is 0 Å². The molecule has 0 saturated carbocycles. The average Bonchev–Trinajstić information content (AvgIpc) is 3.23. The number of hydrogen-bond donors (Lipinski definition) is 0. The first-order chi connectivity index (χ1) is 10.8. The van der Waals surface area contributed by atoms with Crippen LogP contribution in [0.4, 0.5) is 0 Å². The highest BCUT2D eigenvalue weighted by Crippen LogP contribution is 2.33. The Morgan fingerprint density at radius 3 is 2.82 bits per heavy atom. The van der Waals surface area contributed by atoms with Gasteiger partial charge in [-0.05, 0) is 31.0 Å². The molecule has 22 heavy (non-hydrogen) atoms. The summed E-state index contributed by atoms with van der Waals surface area (Å²) >= 11 is 1.53. The zero-order chi connectivity index (χ0) is 15.4. The van der Waals surface area contributed by atoms with E-state index in [1.54, 1.807) is 14.2 Å². The van der Waals surface area contributed by atoms with Crippen LogP contribution in [-0.2, 0) is 4.74 Å². The van der Waals surface area contributed by atoms with E-state index < -0.39 is 0 Å². The van der Waals surface area contributed by atoms with Crippen molar-refractivity contribution in [1.82, 2.24) is 10.2 Å². The lowest BCUT2D eigenvalue weighted by Crippen LogP contribution is -2.07. The molecule has 1 aromatic heterocycles. The summed E-state index contributed by atoms with van der Waals surface area (Å²) in [5.74, 6) is 2.61. The van der Waals surface area contributed by atoms with E-state index in [0.29, 0.717) is 28.7 Å². The Morgan fingerprint density at radius 1 is 1.23 bits per heavy atom. The maximum atomic E-state index is 5.69. The highest BCUT2D eigenvalue weighted by molar-refractivity contribution is 7.99. The van der Waals surface area contributed by atoms with Crippen molar-refractivity contribution in [2.75, 3.05) is 26.6 Å². The van der Waals surface area contributed by atoms with Gasteiger partial charge in [-0.1, -0.05) is 11.8 Å². The number of hydrogen-bond acceptors (Lipinski definition) is 7. The molecular weight excluding hydrogens is 304 g/mol. The van der Waals surface area contributed by atoms with Crippen LogP contribution in [0, 0.1) is 0 Å². The van der Waals surface area contributed by atoms with E-state index in [1.165, 1.54) is 11.8 Å². The maximum Gasteiger partial charge on any atom is 0.276 e. The van der Waals surface area contributed by atoms with E-state index in [0.717, 1.165) is 30.8 Å². The second-order valence-corrected chi connectivity index (χ2v) is 5.86. The number of benzene rings is 1. The van der Waals surface area contributed by atoms with Gasteiger partial charge in [0.2, 0.25) is 5.89 Å². The number of ether oxygens (including phenoxy) is 3. The van der Waals surface area contributed by atoms with Crippen LogP contribution in [0.3, 0.4) is 0 Å². The van der Waals surface area contributed by atoms with Gasteiger partial charge in [-0.3, -0.25) is 0 Å². The summed E-state index contributed by atoms with van der Waals surface area (Å²) in [6, 6.07) is 5.50. The molecule has 1 atom stereocenters. The van der Waals surface area contributed by atoms with Crippen LogP contribution in [-0.4, -0.2) is 42.9 Å². The maximum absolute atomic E-state index is 5.69. The lowest BCUT2D eigenvalue weighted by Gasteiger charge is -2.07. The molecule has 1 aliphatic heterocycles. The number of rotatable bonds is 6. The minimum absolute atomic E-state index is 0.293. The van der Waals surface area contributed by atoms with E-state index in [-0.39, 0.29) is 0 Å². The quantitative estimate of drug-likeness (QED) is 0.757. The number of thioether (sulfide) groups is 1. The molecule has 2 heterocycles. The Morgan fingerprint density at radius 2 is 2.09 bits per heavy atom. The van der Waals surface area contributed by atoms with Crippen LogP contribution in [0.2, 0.25) is 0 Å². The fraction of sp³-hybridized carbons (Fsp3) is 0.467. The molecule has 1 aliphatic rings. The monoisotopic (exact) mass is 322 g/mol. The molecule has 0 N–H and O–H groups in total. The third-order valence-corrected chi connectivity index (χ3v) is 4.40. The molecule has 118 valence electrons. The molecule has 1 saturated heterocycles. The third kappa shape index (κ3) is 3.36. The molecule has 0 aliphatic carbocycles. The summed E-state index contributed by atoms with van der Waals surface area (Å²) < 4.78 is 21.8. The van der Waals surface area contributed by atoms with Gasteiger partial charge in [-0.15, -0.1) is 10.2 Å². The van der Waals surface area contributed by atoms with Crippen LogP contribution in [0.25, 0.3) is 11.5 Å². The Kier molecular flexibility index (Phi) is 4.84. The summed E-state index contributed by atoms with van der Waals surface area (Å²) in [4.78, 5) is 0. The van der Waals surface area contributed by atoms with Crippen LogP contribution in [0.15, 0.2) is 27.8 Å². The molecule has 0 bridgehead atoms. The fourth-order valence-electron chi connectivity index (χ4n) is 2.29. The van der Waals surface area contributed by atoms with Crippen LogP contribution in [0.5, 0.6) is 11.5 Å². The van der Waals surface area contributed by atoms with Gasteiger partial charge in [0, 0.05) is 17.9 Å². The zero-order valence-corrected chi connectivity index (χ0v) is 13.4. The lowest BCUT2D eigenvalue weighted by atomic mass is 10.2. The number of nitrogens with zero attached hydrogens (tertiary/aromatic N) is 2. The zero-order valence-electron chi connectivity index (χ0n) is 12.6. The predicted octanol–water partition coefficient (Wildman–Crippen LogP) is 3.02. The molecule has 3 rings (SSSR count). The van der Waals surface area contributed by atoms with E-state index in [1.807, 2.05) is 18.2 Å². The van der Waals surface area contributed by atoms with Crippen molar-refractivity contribution < 1.29 is 18.6 Å². The van der Waals surface area contributed by atoms with Gasteiger partial charge in [-0.25, -0.2) is 0 Å². The standard InChI is InChI=1S/C15H18N2O4S/c1-18-12-6-5-10(8-13(12)19-2)14-16-17-15(21-14)22-9-11-4-3-7-20-11/h5-6,8,11H,3-4,7,9H2,1-2H3/t11-/m1/s1. The summed E-state index contributed by atoms with van der Waals surface area (Å²) in [5.41, 5.74) is 0.800. The first-order valence-electron chi connectivity index (χ1n) is 7.10. The van der Waals surface area contributed by atoms with Gasteiger partial charge in [0.1, 0.15) is 0 Å². The summed E-state index contributed by atoms with van der Waals surface area (Å²) in [6.45, 7) is 0.853. The summed E-state index contributed by atoms with van der Waals surface area (Å²) in [7, 11) is 3.20. The molecule has 1 fully saturated rings. The average molecular weight is 322 g/mol. The SMILES string of the molecule is COc1ccc(-c2nnc(SC[C@H]3CCCO3)o2)cc1OC. The summed E-state index contributed by atoms with van der Waals surface area (Å²) in [6.07, 6.45) is 2.52. The third-order valence-electron chi connectivity index (χ3n) is 3.45. The van der Waals surface area contributed by atoms with Gasteiger partial charge < -0.3 is 18.6 Å². The van der Waals surface area contributed by atoms with Crippen molar-refractivity contribution in [3.8, 4) is 23.0 Å². The van der Waals surface area contributed by atoms with Crippen LogP contribution < -0.4 is 9.47 Å². The van der Waals surface area contributed by atoms with Gasteiger partial charge in [0.15, 0.2) is 11.5 Å². The summed E-state index contributed by atoms with van der Waals surface area (Å²) in [5, 5.41) is 8.71. The molecular formula is C15H18N2O4S. The van der Waals surface area contributed by atoms with Crippen molar-refractivity contribution in [2.45, 2.75) is 24.2 Å². The smallest absolute Gasteiger partial charge is 0.276 e. The molecule has 7 heteroatoms. The Labute approximate surface area is 133 Å². The van der Waals surface area contributed by atoms with Gasteiger partial charge in [-0.2, -0.15) is 0 Å². The van der Waals surface area contributed by atoms with Gasteiger partial charge in [0.05, 0.1) is 20.3 Å². The van der Waals surface area contributed by atoms with E-state index in [4.69, 9.17) is 18.6 Å². The molecule has 0 amide bonds. The predicted molar refractivity (Wildman–Crippen MR) is 82.5 cm³/mol. The largest absolute Gasteiger partial charge is 0.493 e. The van der Waals surface area contributed by atoms with Crippen molar-refractivity contribution in [1.29, 1.82) is 0 Å². The van der Waals surface area contributed by atoms with Crippen molar-refractivity contribution in [2.24, 2.45) is 0 Å². The topological polar surface area (TPSA) is 66.6 Å². The second kappa shape index (κ2) is 7.02. The van der Waals surface area contributed by atoms with Crippen LogP contribution >= 0.6 is 11.8 Å². The second-order valence-electron chi connectivity index (χ2n) is 4.89. The minimum atomic E-state index is 0.293. The fourth-order valence-corrected chi connectivity index (χ4v) is 3.12. The molecule has 1 aromatic carbocycles. The van der Waals surface area contributed by atoms with E-state index in [2.05, 4.69) is 10.2 Å². The van der Waals surface area contributed by atoms with Crippen LogP contribution in [0.1, 0.15) is 12.8 Å². The lowest BCUT2D eigenvalue weighted by molar-refractivity contribution is 0.128. The normalized spacial score (nSPS) is 17.6. The molecule has 0 radical (unpaired) electrons.